The summed E-state index contributed by atoms with van der Waals surface area (Å²) in [7, 11) is 0. The summed E-state index contributed by atoms with van der Waals surface area (Å²) in [5, 5.41) is 12.8. The van der Waals surface area contributed by atoms with Crippen LogP contribution in [0.1, 0.15) is 16.7 Å². The van der Waals surface area contributed by atoms with Crippen LogP contribution in [0.5, 0.6) is 0 Å². The molecule has 1 aliphatic rings. The van der Waals surface area contributed by atoms with Crippen LogP contribution in [0.4, 0.5) is 9.18 Å². The van der Waals surface area contributed by atoms with E-state index in [2.05, 4.69) is 10.3 Å². The summed E-state index contributed by atoms with van der Waals surface area (Å²) in [6.45, 7) is -0.103. The number of urea groups is 1. The number of fused-ring (bicyclic) bond motifs is 1. The van der Waals surface area contributed by atoms with E-state index in [1.165, 1.54) is 12.1 Å². The zero-order valence-corrected chi connectivity index (χ0v) is 15.0. The molecule has 6 nitrogen and oxygen atoms in total. The number of nitriles is 1. The molecule has 0 unspecified atom stereocenters. The Balaban J connectivity index is 1.61. The predicted octanol–water partition coefficient (Wildman–Crippen LogP) is 3.92. The van der Waals surface area contributed by atoms with Crippen molar-refractivity contribution in [1.82, 2.24) is 15.2 Å². The number of hydrogen-bond donors (Lipinski definition) is 2. The molecule has 1 aliphatic heterocycles. The lowest BCUT2D eigenvalue weighted by Gasteiger charge is -2.12. The quantitative estimate of drug-likeness (QED) is 0.521. The van der Waals surface area contributed by atoms with Crippen molar-refractivity contribution >= 4 is 40.5 Å². The maximum atomic E-state index is 13.8. The first-order valence-corrected chi connectivity index (χ1v) is 8.64. The second-order valence-electron chi connectivity index (χ2n) is 6.24. The molecule has 1 fully saturated rings. The fraction of sp³-hybridized carbons (Fsp3) is 0.0500. The average Bonchev–Trinajstić information content (AvgIpc) is 3.17. The zero-order chi connectivity index (χ0) is 19.8. The molecular formula is C20H12ClFN4O2. The van der Waals surface area contributed by atoms with Crippen LogP contribution < -0.4 is 5.32 Å². The molecule has 1 aromatic heterocycles. The third-order valence-electron chi connectivity index (χ3n) is 4.43. The van der Waals surface area contributed by atoms with Gasteiger partial charge in [0.15, 0.2) is 0 Å². The molecule has 0 radical (unpaired) electrons. The lowest BCUT2D eigenvalue weighted by molar-refractivity contribution is -0.123. The van der Waals surface area contributed by atoms with Crippen LogP contribution in [0, 0.1) is 17.1 Å². The van der Waals surface area contributed by atoms with Gasteiger partial charge in [-0.1, -0.05) is 23.7 Å². The third kappa shape index (κ3) is 3.10. The van der Waals surface area contributed by atoms with E-state index < -0.39 is 17.8 Å². The van der Waals surface area contributed by atoms with Crippen molar-refractivity contribution in [2.24, 2.45) is 0 Å². The average molecular weight is 395 g/mol. The molecule has 0 atom stereocenters. The number of hydrogen-bond acceptors (Lipinski definition) is 3. The molecule has 2 N–H and O–H groups in total. The Hall–Kier alpha value is -3.63. The van der Waals surface area contributed by atoms with Crippen molar-refractivity contribution in [3.05, 3.63) is 75.8 Å². The van der Waals surface area contributed by atoms with Crippen LogP contribution >= 0.6 is 11.6 Å². The van der Waals surface area contributed by atoms with E-state index in [-0.39, 0.29) is 17.8 Å². The number of nitrogens with one attached hydrogen (secondary N) is 2. The molecular weight excluding hydrogens is 383 g/mol. The number of carbonyl (C=O) groups is 2. The summed E-state index contributed by atoms with van der Waals surface area (Å²) in [6, 6.07) is 10.4. The summed E-state index contributed by atoms with van der Waals surface area (Å²) >= 11 is 5.97. The van der Waals surface area contributed by atoms with Crippen LogP contribution in [0.3, 0.4) is 0 Å². The number of rotatable bonds is 3. The first kappa shape index (κ1) is 17.8. The number of aromatic nitrogens is 1. The maximum absolute atomic E-state index is 13.8. The van der Waals surface area contributed by atoms with Gasteiger partial charge in [0.1, 0.15) is 17.6 Å². The summed E-state index contributed by atoms with van der Waals surface area (Å²) < 4.78 is 13.8. The fourth-order valence-electron chi connectivity index (χ4n) is 3.04. The number of H-pyrrole nitrogens is 1. The number of aromatic amines is 1. The minimum absolute atomic E-state index is 0.0963. The van der Waals surface area contributed by atoms with Gasteiger partial charge in [-0.25, -0.2) is 9.18 Å². The lowest BCUT2D eigenvalue weighted by atomic mass is 10.1. The monoisotopic (exact) mass is 394 g/mol. The van der Waals surface area contributed by atoms with E-state index in [0.29, 0.717) is 10.6 Å². The van der Waals surface area contributed by atoms with Crippen molar-refractivity contribution in [2.45, 2.75) is 6.54 Å². The molecule has 3 amide bonds. The molecule has 28 heavy (non-hydrogen) atoms. The first-order valence-electron chi connectivity index (χ1n) is 8.26. The SMILES string of the molecule is N#Cc1ccc(CN2C(=O)NC(=Cc3c[nH]c4cc(Cl)ccc34)C2=O)cc1F. The molecule has 0 aliphatic carbocycles. The van der Waals surface area contributed by atoms with Crippen molar-refractivity contribution in [3.63, 3.8) is 0 Å². The number of amides is 3. The maximum Gasteiger partial charge on any atom is 0.329 e. The van der Waals surface area contributed by atoms with Crippen molar-refractivity contribution in [2.75, 3.05) is 0 Å². The zero-order valence-electron chi connectivity index (χ0n) is 14.3. The van der Waals surface area contributed by atoms with Crippen molar-refractivity contribution in [3.8, 4) is 6.07 Å². The summed E-state index contributed by atoms with van der Waals surface area (Å²) in [5.41, 5.74) is 1.96. The Labute approximate surface area is 163 Å². The van der Waals surface area contributed by atoms with Crippen LogP contribution in [-0.4, -0.2) is 21.8 Å². The van der Waals surface area contributed by atoms with Gasteiger partial charge >= 0.3 is 6.03 Å². The normalized spacial score (nSPS) is 15.3. The van der Waals surface area contributed by atoms with Crippen LogP contribution in [-0.2, 0) is 11.3 Å². The van der Waals surface area contributed by atoms with Gasteiger partial charge in [-0.05, 0) is 35.9 Å². The van der Waals surface area contributed by atoms with Gasteiger partial charge in [0.05, 0.1) is 12.1 Å². The summed E-state index contributed by atoms with van der Waals surface area (Å²) in [4.78, 5) is 28.9. The Morgan fingerprint density at radius 2 is 2.04 bits per heavy atom. The molecule has 8 heteroatoms. The van der Waals surface area contributed by atoms with Gasteiger partial charge in [-0.3, -0.25) is 9.69 Å². The number of carbonyl (C=O) groups excluding carboxylic acids is 2. The van der Waals surface area contributed by atoms with Crippen molar-refractivity contribution in [1.29, 1.82) is 5.26 Å². The topological polar surface area (TPSA) is 89.0 Å². The number of imide groups is 1. The minimum Gasteiger partial charge on any atom is -0.361 e. The van der Waals surface area contributed by atoms with E-state index in [4.69, 9.17) is 16.9 Å². The molecule has 138 valence electrons. The van der Waals surface area contributed by atoms with E-state index in [1.807, 2.05) is 6.07 Å². The van der Waals surface area contributed by atoms with Gasteiger partial charge in [0, 0.05) is 27.7 Å². The highest BCUT2D eigenvalue weighted by atomic mass is 35.5. The van der Waals surface area contributed by atoms with Gasteiger partial charge in [-0.2, -0.15) is 5.26 Å². The third-order valence-corrected chi connectivity index (χ3v) is 4.67. The van der Waals surface area contributed by atoms with E-state index in [0.717, 1.165) is 27.4 Å². The highest BCUT2D eigenvalue weighted by molar-refractivity contribution is 6.31. The van der Waals surface area contributed by atoms with Crippen LogP contribution in [0.2, 0.25) is 5.02 Å². The molecule has 2 heterocycles. The second-order valence-corrected chi connectivity index (χ2v) is 6.68. The molecule has 0 bridgehead atoms. The van der Waals surface area contributed by atoms with Crippen molar-refractivity contribution < 1.29 is 14.0 Å². The second kappa shape index (κ2) is 6.83. The van der Waals surface area contributed by atoms with Gasteiger partial charge in [0.2, 0.25) is 0 Å². The Morgan fingerprint density at radius 3 is 2.79 bits per heavy atom. The predicted molar refractivity (Wildman–Crippen MR) is 101 cm³/mol. The van der Waals surface area contributed by atoms with E-state index >= 15 is 0 Å². The highest BCUT2D eigenvalue weighted by Gasteiger charge is 2.33. The minimum atomic E-state index is -0.694. The largest absolute Gasteiger partial charge is 0.361 e. The standard InChI is InChI=1S/C20H12ClFN4O2/c21-14-3-4-15-13(9-24-17(15)7-14)6-18-19(27)26(20(28)25-18)10-11-1-2-12(8-23)16(22)5-11/h1-7,9,24H,10H2,(H,25,28). The molecule has 0 spiro atoms. The number of benzene rings is 2. The van der Waals surface area contributed by atoms with E-state index in [9.17, 15) is 14.0 Å². The molecule has 3 aromatic rings. The number of halogens is 2. The lowest BCUT2D eigenvalue weighted by Crippen LogP contribution is -2.30. The van der Waals surface area contributed by atoms with Gasteiger partial charge in [-0.15, -0.1) is 0 Å². The fourth-order valence-corrected chi connectivity index (χ4v) is 3.21. The van der Waals surface area contributed by atoms with Crippen LogP contribution in [0.15, 0.2) is 48.3 Å². The first-order chi connectivity index (χ1) is 13.5. The summed E-state index contributed by atoms with van der Waals surface area (Å²) in [6.07, 6.45) is 3.29. The molecule has 2 aromatic carbocycles. The summed E-state index contributed by atoms with van der Waals surface area (Å²) in [5.74, 6) is -1.21. The Morgan fingerprint density at radius 1 is 1.21 bits per heavy atom. The molecule has 1 saturated heterocycles. The smallest absolute Gasteiger partial charge is 0.329 e. The Bertz CT molecular complexity index is 1210. The molecule has 0 saturated carbocycles. The van der Waals surface area contributed by atoms with Gasteiger partial charge in [0.25, 0.3) is 5.91 Å². The van der Waals surface area contributed by atoms with E-state index in [1.54, 1.807) is 30.5 Å². The Kier molecular flexibility index (Phi) is 4.34. The molecule has 4 rings (SSSR count). The van der Waals surface area contributed by atoms with Gasteiger partial charge < -0.3 is 10.3 Å². The van der Waals surface area contributed by atoms with Crippen LogP contribution in [0.25, 0.3) is 17.0 Å². The number of nitrogens with zero attached hydrogens (tertiary/aromatic N) is 2. The highest BCUT2D eigenvalue weighted by Crippen LogP contribution is 2.25.